The second-order valence-corrected chi connectivity index (χ2v) is 3.86. The molecule has 0 aliphatic rings. The third kappa shape index (κ3) is 7.30. The summed E-state index contributed by atoms with van der Waals surface area (Å²) in [7, 11) is 3.93. The SMILES string of the molecule is CCCC(C)N(C)CCNCCOC. The molecule has 0 spiro atoms. The van der Waals surface area contributed by atoms with Gasteiger partial charge in [-0.2, -0.15) is 0 Å². The van der Waals surface area contributed by atoms with Gasteiger partial charge in [0.1, 0.15) is 0 Å². The molecule has 0 heterocycles. The van der Waals surface area contributed by atoms with Crippen LogP contribution in [0.25, 0.3) is 0 Å². The molecule has 0 aliphatic heterocycles. The molecule has 0 aromatic carbocycles. The summed E-state index contributed by atoms with van der Waals surface area (Å²) in [6.45, 7) is 8.44. The first-order chi connectivity index (χ1) is 6.72. The van der Waals surface area contributed by atoms with Gasteiger partial charge in [0.05, 0.1) is 6.61 Å². The van der Waals surface area contributed by atoms with Crippen molar-refractivity contribution in [2.45, 2.75) is 32.7 Å². The number of rotatable bonds is 9. The van der Waals surface area contributed by atoms with Crippen molar-refractivity contribution in [1.82, 2.24) is 10.2 Å². The predicted octanol–water partition coefficient (Wildman–Crippen LogP) is 1.34. The molecule has 0 rings (SSSR count). The Kier molecular flexibility index (Phi) is 9.35. The van der Waals surface area contributed by atoms with Crippen LogP contribution in [0.2, 0.25) is 0 Å². The van der Waals surface area contributed by atoms with E-state index in [4.69, 9.17) is 4.74 Å². The van der Waals surface area contributed by atoms with E-state index >= 15 is 0 Å². The van der Waals surface area contributed by atoms with Gasteiger partial charge in [-0.25, -0.2) is 0 Å². The first-order valence-electron chi connectivity index (χ1n) is 5.62. The third-order valence-electron chi connectivity index (χ3n) is 2.58. The summed E-state index contributed by atoms with van der Waals surface area (Å²) < 4.78 is 4.96. The Morgan fingerprint density at radius 1 is 1.36 bits per heavy atom. The fraction of sp³-hybridized carbons (Fsp3) is 1.00. The van der Waals surface area contributed by atoms with Crippen LogP contribution in [0.1, 0.15) is 26.7 Å². The average molecular weight is 202 g/mol. The molecule has 0 amide bonds. The lowest BCUT2D eigenvalue weighted by molar-refractivity contribution is 0.195. The van der Waals surface area contributed by atoms with E-state index in [1.165, 1.54) is 12.8 Å². The molecule has 1 unspecified atom stereocenters. The van der Waals surface area contributed by atoms with Crippen molar-refractivity contribution in [1.29, 1.82) is 0 Å². The highest BCUT2D eigenvalue weighted by atomic mass is 16.5. The van der Waals surface area contributed by atoms with Crippen LogP contribution in [-0.2, 0) is 4.74 Å². The van der Waals surface area contributed by atoms with Crippen LogP contribution in [0.5, 0.6) is 0 Å². The predicted molar refractivity (Wildman–Crippen MR) is 61.7 cm³/mol. The normalized spacial score (nSPS) is 13.5. The topological polar surface area (TPSA) is 24.5 Å². The molecule has 1 N–H and O–H groups in total. The Balaban J connectivity index is 3.29. The van der Waals surface area contributed by atoms with Crippen LogP contribution in [0, 0.1) is 0 Å². The minimum Gasteiger partial charge on any atom is -0.383 e. The molecule has 1 atom stereocenters. The summed E-state index contributed by atoms with van der Waals surface area (Å²) in [6, 6.07) is 0.698. The van der Waals surface area contributed by atoms with Crippen molar-refractivity contribution in [3.63, 3.8) is 0 Å². The standard InChI is InChI=1S/C11H26N2O/c1-5-6-11(2)13(3)9-7-12-8-10-14-4/h11-12H,5-10H2,1-4H3. The smallest absolute Gasteiger partial charge is 0.0587 e. The number of hydrogen-bond acceptors (Lipinski definition) is 3. The van der Waals surface area contributed by atoms with Crippen LogP contribution in [0.3, 0.4) is 0 Å². The molecule has 0 aliphatic carbocycles. The molecule has 0 bridgehead atoms. The molecule has 0 saturated carbocycles. The first-order valence-corrected chi connectivity index (χ1v) is 5.62. The summed E-state index contributed by atoms with van der Waals surface area (Å²) in [6.07, 6.45) is 2.55. The molecule has 3 heteroatoms. The summed E-state index contributed by atoms with van der Waals surface area (Å²) >= 11 is 0. The van der Waals surface area contributed by atoms with Gasteiger partial charge in [0.15, 0.2) is 0 Å². The van der Waals surface area contributed by atoms with Gasteiger partial charge in [-0.15, -0.1) is 0 Å². The summed E-state index contributed by atoms with van der Waals surface area (Å²) in [5, 5.41) is 3.35. The number of nitrogens with one attached hydrogen (secondary N) is 1. The molecule has 0 saturated heterocycles. The molecule has 86 valence electrons. The van der Waals surface area contributed by atoms with Crippen LogP contribution in [-0.4, -0.2) is 51.3 Å². The number of hydrogen-bond donors (Lipinski definition) is 1. The van der Waals surface area contributed by atoms with E-state index in [0.29, 0.717) is 6.04 Å². The van der Waals surface area contributed by atoms with Crippen LogP contribution in [0.15, 0.2) is 0 Å². The first kappa shape index (κ1) is 13.9. The molecular weight excluding hydrogens is 176 g/mol. The highest BCUT2D eigenvalue weighted by Crippen LogP contribution is 2.02. The highest BCUT2D eigenvalue weighted by molar-refractivity contribution is 4.63. The van der Waals surface area contributed by atoms with E-state index in [1.807, 2.05) is 0 Å². The van der Waals surface area contributed by atoms with Crippen molar-refractivity contribution in [3.8, 4) is 0 Å². The summed E-state index contributed by atoms with van der Waals surface area (Å²) in [5.41, 5.74) is 0. The maximum Gasteiger partial charge on any atom is 0.0587 e. The van der Waals surface area contributed by atoms with E-state index in [1.54, 1.807) is 7.11 Å². The highest BCUT2D eigenvalue weighted by Gasteiger charge is 2.06. The Morgan fingerprint density at radius 2 is 2.07 bits per heavy atom. The molecule has 3 nitrogen and oxygen atoms in total. The van der Waals surface area contributed by atoms with Crippen LogP contribution < -0.4 is 5.32 Å². The van der Waals surface area contributed by atoms with Gasteiger partial charge in [0, 0.05) is 32.8 Å². The maximum atomic E-state index is 4.96. The Morgan fingerprint density at radius 3 is 2.64 bits per heavy atom. The lowest BCUT2D eigenvalue weighted by atomic mass is 10.2. The third-order valence-corrected chi connectivity index (χ3v) is 2.58. The number of ether oxygens (including phenoxy) is 1. The zero-order valence-electron chi connectivity index (χ0n) is 10.2. The Labute approximate surface area is 88.8 Å². The number of likely N-dealkylation sites (N-methyl/N-ethyl adjacent to an activating group) is 1. The van der Waals surface area contributed by atoms with E-state index < -0.39 is 0 Å². The van der Waals surface area contributed by atoms with Crippen molar-refractivity contribution < 1.29 is 4.74 Å². The molecule has 0 radical (unpaired) electrons. The van der Waals surface area contributed by atoms with Gasteiger partial charge in [-0.05, 0) is 20.4 Å². The fourth-order valence-corrected chi connectivity index (χ4v) is 1.41. The second kappa shape index (κ2) is 9.44. The average Bonchev–Trinajstić information content (AvgIpc) is 2.17. The van der Waals surface area contributed by atoms with Crippen molar-refractivity contribution >= 4 is 0 Å². The van der Waals surface area contributed by atoms with Gasteiger partial charge >= 0.3 is 0 Å². The lowest BCUT2D eigenvalue weighted by Crippen LogP contribution is -2.36. The van der Waals surface area contributed by atoms with Crippen molar-refractivity contribution in [2.75, 3.05) is 40.4 Å². The van der Waals surface area contributed by atoms with Gasteiger partial charge in [-0.3, -0.25) is 0 Å². The van der Waals surface area contributed by atoms with Gasteiger partial charge in [0.2, 0.25) is 0 Å². The minimum atomic E-state index is 0.698. The largest absolute Gasteiger partial charge is 0.383 e. The minimum absolute atomic E-state index is 0.698. The summed E-state index contributed by atoms with van der Waals surface area (Å²) in [5.74, 6) is 0. The number of nitrogens with zero attached hydrogens (tertiary/aromatic N) is 1. The lowest BCUT2D eigenvalue weighted by Gasteiger charge is -2.24. The van der Waals surface area contributed by atoms with Gasteiger partial charge in [0.25, 0.3) is 0 Å². The molecular formula is C11H26N2O. The zero-order valence-corrected chi connectivity index (χ0v) is 10.2. The van der Waals surface area contributed by atoms with E-state index in [0.717, 1.165) is 26.2 Å². The molecule has 0 aromatic heterocycles. The number of methoxy groups -OCH3 is 1. The van der Waals surface area contributed by atoms with Crippen LogP contribution in [0.4, 0.5) is 0 Å². The van der Waals surface area contributed by atoms with E-state index in [9.17, 15) is 0 Å². The van der Waals surface area contributed by atoms with Crippen LogP contribution >= 0.6 is 0 Å². The second-order valence-electron chi connectivity index (χ2n) is 3.86. The van der Waals surface area contributed by atoms with Gasteiger partial charge in [-0.1, -0.05) is 13.3 Å². The van der Waals surface area contributed by atoms with Gasteiger partial charge < -0.3 is 15.0 Å². The maximum absolute atomic E-state index is 4.96. The molecule has 0 fully saturated rings. The molecule has 14 heavy (non-hydrogen) atoms. The quantitative estimate of drug-likeness (QED) is 0.571. The molecule has 0 aromatic rings. The fourth-order valence-electron chi connectivity index (χ4n) is 1.41. The summed E-state index contributed by atoms with van der Waals surface area (Å²) in [4.78, 5) is 2.41. The van der Waals surface area contributed by atoms with E-state index in [-0.39, 0.29) is 0 Å². The van der Waals surface area contributed by atoms with Crippen molar-refractivity contribution in [3.05, 3.63) is 0 Å². The Bertz CT molecular complexity index is 120. The van der Waals surface area contributed by atoms with Crippen molar-refractivity contribution in [2.24, 2.45) is 0 Å². The zero-order chi connectivity index (χ0) is 10.8. The monoisotopic (exact) mass is 202 g/mol. The van der Waals surface area contributed by atoms with E-state index in [2.05, 4.69) is 31.1 Å². The Hall–Kier alpha value is -0.120.